The largest absolute Gasteiger partial charge is 0.493 e. The maximum absolute atomic E-state index is 5.86. The van der Waals surface area contributed by atoms with Gasteiger partial charge in [-0.15, -0.1) is 24.8 Å². The molecule has 0 bridgehead atoms. The van der Waals surface area contributed by atoms with Gasteiger partial charge in [0.05, 0.1) is 6.61 Å². The Kier molecular flexibility index (Phi) is 7.10. The highest BCUT2D eigenvalue weighted by atomic mass is 35.5. The quantitative estimate of drug-likeness (QED) is 0.832. The van der Waals surface area contributed by atoms with Crippen LogP contribution in [0.1, 0.15) is 5.56 Å². The molecule has 2 aliphatic heterocycles. The SMILES string of the molecule is CN1CCN(CC2COc3ccccc3C2)CC1.Cl.Cl. The molecule has 1 unspecified atom stereocenters. The van der Waals surface area contributed by atoms with E-state index >= 15 is 0 Å². The van der Waals surface area contributed by atoms with Gasteiger partial charge in [-0.3, -0.25) is 0 Å². The van der Waals surface area contributed by atoms with E-state index in [2.05, 4.69) is 41.1 Å². The second kappa shape index (κ2) is 8.08. The van der Waals surface area contributed by atoms with E-state index in [1.807, 2.05) is 0 Å². The van der Waals surface area contributed by atoms with Crippen molar-refractivity contribution < 1.29 is 4.74 Å². The Labute approximate surface area is 134 Å². The Bertz CT molecular complexity index is 409. The van der Waals surface area contributed by atoms with Crippen LogP contribution >= 0.6 is 24.8 Å². The molecule has 0 aliphatic carbocycles. The van der Waals surface area contributed by atoms with Crippen LogP contribution in [0.15, 0.2) is 24.3 Å². The lowest BCUT2D eigenvalue weighted by atomic mass is 9.96. The van der Waals surface area contributed by atoms with Crippen LogP contribution in [0, 0.1) is 5.92 Å². The average Bonchev–Trinajstić information content (AvgIpc) is 2.41. The van der Waals surface area contributed by atoms with Crippen LogP contribution in [-0.4, -0.2) is 56.2 Å². The van der Waals surface area contributed by atoms with Crippen molar-refractivity contribution >= 4 is 24.8 Å². The predicted octanol–water partition coefficient (Wildman–Crippen LogP) is 2.33. The van der Waals surface area contributed by atoms with Crippen molar-refractivity contribution in [3.8, 4) is 5.75 Å². The highest BCUT2D eigenvalue weighted by molar-refractivity contribution is 5.85. The van der Waals surface area contributed by atoms with Gasteiger partial charge < -0.3 is 14.5 Å². The first-order valence-corrected chi connectivity index (χ1v) is 6.93. The first-order chi connectivity index (χ1) is 8.81. The molecule has 20 heavy (non-hydrogen) atoms. The van der Waals surface area contributed by atoms with Crippen LogP contribution in [0.5, 0.6) is 5.75 Å². The molecule has 0 saturated carbocycles. The number of likely N-dealkylation sites (N-methyl/N-ethyl adjacent to an activating group) is 1. The zero-order valence-corrected chi connectivity index (χ0v) is 13.6. The Morgan fingerprint density at radius 1 is 1.10 bits per heavy atom. The molecule has 5 heteroatoms. The number of halogens is 2. The van der Waals surface area contributed by atoms with Crippen LogP contribution in [0.3, 0.4) is 0 Å². The van der Waals surface area contributed by atoms with Crippen molar-refractivity contribution in [1.29, 1.82) is 0 Å². The number of nitrogens with zero attached hydrogens (tertiary/aromatic N) is 2. The number of hydrogen-bond acceptors (Lipinski definition) is 3. The molecular formula is C15H24Cl2N2O. The fourth-order valence-electron chi connectivity index (χ4n) is 2.90. The predicted molar refractivity (Wildman–Crippen MR) is 87.6 cm³/mol. The van der Waals surface area contributed by atoms with Gasteiger partial charge in [0.2, 0.25) is 0 Å². The maximum atomic E-state index is 5.86. The van der Waals surface area contributed by atoms with Gasteiger partial charge in [-0.05, 0) is 25.1 Å². The molecule has 0 N–H and O–H groups in total. The third-order valence-corrected chi connectivity index (χ3v) is 4.07. The van der Waals surface area contributed by atoms with E-state index in [0.29, 0.717) is 5.92 Å². The van der Waals surface area contributed by atoms with Crippen molar-refractivity contribution in [2.75, 3.05) is 46.4 Å². The summed E-state index contributed by atoms with van der Waals surface area (Å²) in [6.45, 7) is 6.86. The lowest BCUT2D eigenvalue weighted by Crippen LogP contribution is -2.47. The molecule has 3 nitrogen and oxygen atoms in total. The summed E-state index contributed by atoms with van der Waals surface area (Å²) in [5.41, 5.74) is 1.38. The van der Waals surface area contributed by atoms with E-state index in [4.69, 9.17) is 4.74 Å². The summed E-state index contributed by atoms with van der Waals surface area (Å²) < 4.78 is 5.86. The van der Waals surface area contributed by atoms with Gasteiger partial charge in [0.15, 0.2) is 0 Å². The van der Waals surface area contributed by atoms with E-state index in [0.717, 1.165) is 12.4 Å². The van der Waals surface area contributed by atoms with E-state index < -0.39 is 0 Å². The second-order valence-electron chi connectivity index (χ2n) is 5.59. The minimum absolute atomic E-state index is 0. The number of benzene rings is 1. The van der Waals surface area contributed by atoms with Crippen LogP contribution in [0.4, 0.5) is 0 Å². The van der Waals surface area contributed by atoms with Crippen LogP contribution in [-0.2, 0) is 6.42 Å². The molecule has 2 aliphatic rings. The molecule has 0 aromatic heterocycles. The summed E-state index contributed by atoms with van der Waals surface area (Å²) >= 11 is 0. The standard InChI is InChI=1S/C15H22N2O.2ClH/c1-16-6-8-17(9-7-16)11-13-10-14-4-2-3-5-15(14)18-12-13;;/h2-5,13H,6-12H2,1H3;2*1H. The first kappa shape index (κ1) is 17.6. The molecule has 1 fully saturated rings. The lowest BCUT2D eigenvalue weighted by molar-refractivity contribution is 0.112. The Morgan fingerprint density at radius 3 is 2.55 bits per heavy atom. The topological polar surface area (TPSA) is 15.7 Å². The van der Waals surface area contributed by atoms with E-state index in [1.165, 1.54) is 44.7 Å². The van der Waals surface area contributed by atoms with Crippen molar-refractivity contribution in [2.24, 2.45) is 5.92 Å². The molecule has 0 spiro atoms. The molecule has 3 rings (SSSR count). The lowest BCUT2D eigenvalue weighted by Gasteiger charge is -2.35. The highest BCUT2D eigenvalue weighted by Crippen LogP contribution is 2.27. The summed E-state index contributed by atoms with van der Waals surface area (Å²) in [6, 6.07) is 8.45. The first-order valence-electron chi connectivity index (χ1n) is 6.93. The molecule has 114 valence electrons. The zero-order chi connectivity index (χ0) is 12.4. The summed E-state index contributed by atoms with van der Waals surface area (Å²) in [6.07, 6.45) is 1.17. The van der Waals surface area contributed by atoms with Crippen molar-refractivity contribution in [1.82, 2.24) is 9.80 Å². The van der Waals surface area contributed by atoms with Crippen molar-refractivity contribution in [2.45, 2.75) is 6.42 Å². The van der Waals surface area contributed by atoms with Crippen molar-refractivity contribution in [3.05, 3.63) is 29.8 Å². The highest BCUT2D eigenvalue weighted by Gasteiger charge is 2.23. The molecule has 2 heterocycles. The second-order valence-corrected chi connectivity index (χ2v) is 5.59. The molecule has 0 radical (unpaired) electrons. The third kappa shape index (κ3) is 4.26. The summed E-state index contributed by atoms with van der Waals surface area (Å²) in [5.74, 6) is 1.75. The monoisotopic (exact) mass is 318 g/mol. The van der Waals surface area contributed by atoms with Gasteiger partial charge in [0.25, 0.3) is 0 Å². The van der Waals surface area contributed by atoms with Crippen LogP contribution < -0.4 is 4.74 Å². The molecule has 1 atom stereocenters. The van der Waals surface area contributed by atoms with Crippen LogP contribution in [0.2, 0.25) is 0 Å². The van der Waals surface area contributed by atoms with E-state index in [1.54, 1.807) is 0 Å². The maximum Gasteiger partial charge on any atom is 0.122 e. The van der Waals surface area contributed by atoms with Gasteiger partial charge in [0, 0.05) is 38.6 Å². The fourth-order valence-corrected chi connectivity index (χ4v) is 2.90. The van der Waals surface area contributed by atoms with Crippen molar-refractivity contribution in [3.63, 3.8) is 0 Å². The summed E-state index contributed by atoms with van der Waals surface area (Å²) in [7, 11) is 2.21. The van der Waals surface area contributed by atoms with Gasteiger partial charge in [-0.25, -0.2) is 0 Å². The minimum Gasteiger partial charge on any atom is -0.493 e. The van der Waals surface area contributed by atoms with Crippen LogP contribution in [0.25, 0.3) is 0 Å². The number of piperazine rings is 1. The van der Waals surface area contributed by atoms with Gasteiger partial charge in [-0.2, -0.15) is 0 Å². The number of rotatable bonds is 2. The molecular weight excluding hydrogens is 295 g/mol. The number of hydrogen-bond donors (Lipinski definition) is 0. The molecule has 1 aromatic rings. The summed E-state index contributed by atoms with van der Waals surface area (Å²) in [5, 5.41) is 0. The Balaban J connectivity index is 0.000001000. The minimum atomic E-state index is 0. The number of ether oxygens (including phenoxy) is 1. The van der Waals surface area contributed by atoms with E-state index in [-0.39, 0.29) is 24.8 Å². The number of fused-ring (bicyclic) bond motifs is 1. The zero-order valence-electron chi connectivity index (χ0n) is 12.0. The van der Waals surface area contributed by atoms with Gasteiger partial charge >= 0.3 is 0 Å². The molecule has 0 amide bonds. The third-order valence-electron chi connectivity index (χ3n) is 4.07. The van der Waals surface area contributed by atoms with Gasteiger partial charge in [-0.1, -0.05) is 18.2 Å². The Morgan fingerprint density at radius 2 is 1.80 bits per heavy atom. The fraction of sp³-hybridized carbons (Fsp3) is 0.600. The average molecular weight is 319 g/mol. The molecule has 1 aromatic carbocycles. The Hall–Kier alpha value is -0.480. The van der Waals surface area contributed by atoms with Gasteiger partial charge in [0.1, 0.15) is 5.75 Å². The molecule has 1 saturated heterocycles. The number of para-hydroxylation sites is 1. The normalized spacial score (nSPS) is 22.9. The smallest absolute Gasteiger partial charge is 0.122 e. The van der Waals surface area contributed by atoms with E-state index in [9.17, 15) is 0 Å². The summed E-state index contributed by atoms with van der Waals surface area (Å²) in [4.78, 5) is 4.99.